The summed E-state index contributed by atoms with van der Waals surface area (Å²) in [4.78, 5) is 14.9. The number of aromatic nitrogens is 1. The first-order valence-corrected chi connectivity index (χ1v) is 10.9. The fraction of sp³-hybridized carbons (Fsp3) is 0.250. The standard InChI is InChI=1S/C24H25N3O2S.HI/c1-5-26-19(10-7-17-8-11-20(29-4)15-22(17)26)14-24-27(6-2)21-12-9-18(25-16(3)28)13-23(21)30-24;/h7-15H,5-6H2,1-4H3;1H. The smallest absolute Gasteiger partial charge is 0.221 e. The molecule has 0 bridgehead atoms. The van der Waals surface area contributed by atoms with Crippen molar-refractivity contribution in [1.82, 2.24) is 0 Å². The third-order valence-electron chi connectivity index (χ3n) is 5.23. The number of carbonyl (C=O) groups is 1. The molecule has 31 heavy (non-hydrogen) atoms. The summed E-state index contributed by atoms with van der Waals surface area (Å²) < 4.78 is 7.75. The van der Waals surface area contributed by atoms with Gasteiger partial charge in [0.25, 0.3) is 0 Å². The average Bonchev–Trinajstić information content (AvgIpc) is 3.08. The molecule has 1 aromatic heterocycles. The number of aryl methyl sites for hydroxylation is 1. The summed E-state index contributed by atoms with van der Waals surface area (Å²) in [5.74, 6) is 0.800. The van der Waals surface area contributed by atoms with Crippen LogP contribution in [-0.4, -0.2) is 19.6 Å². The molecule has 2 aromatic carbocycles. The number of rotatable bonds is 5. The van der Waals surface area contributed by atoms with Crippen LogP contribution in [0.1, 0.15) is 26.5 Å². The number of fused-ring (bicyclic) bond motifs is 2. The Morgan fingerprint density at radius 2 is 1.94 bits per heavy atom. The van der Waals surface area contributed by atoms with Crippen molar-refractivity contribution in [2.45, 2.75) is 32.2 Å². The van der Waals surface area contributed by atoms with E-state index in [0.717, 1.165) is 40.6 Å². The van der Waals surface area contributed by atoms with E-state index in [0.29, 0.717) is 0 Å². The summed E-state index contributed by atoms with van der Waals surface area (Å²) in [5.41, 5.74) is 4.30. The van der Waals surface area contributed by atoms with Gasteiger partial charge in [0.15, 0.2) is 0 Å². The largest absolute Gasteiger partial charge is 1.00 e. The molecule has 0 fully saturated rings. The molecule has 0 saturated heterocycles. The Balaban J connectivity index is 0.00000272. The van der Waals surface area contributed by atoms with Crippen molar-refractivity contribution in [3.8, 4) is 5.75 Å². The van der Waals surface area contributed by atoms with Crippen molar-refractivity contribution in [2.24, 2.45) is 0 Å². The van der Waals surface area contributed by atoms with Gasteiger partial charge in [-0.1, -0.05) is 11.8 Å². The topological polar surface area (TPSA) is 45.5 Å². The summed E-state index contributed by atoms with van der Waals surface area (Å²) in [7, 11) is 1.70. The van der Waals surface area contributed by atoms with Crippen LogP contribution in [0.3, 0.4) is 0 Å². The molecule has 162 valence electrons. The second-order valence-electron chi connectivity index (χ2n) is 7.12. The first-order chi connectivity index (χ1) is 14.5. The zero-order valence-corrected chi connectivity index (χ0v) is 21.1. The molecule has 0 radical (unpaired) electrons. The molecule has 0 saturated carbocycles. The Morgan fingerprint density at radius 1 is 1.16 bits per heavy atom. The van der Waals surface area contributed by atoms with Gasteiger partial charge in [0.2, 0.25) is 17.1 Å². The van der Waals surface area contributed by atoms with Crippen LogP contribution in [0.2, 0.25) is 0 Å². The number of nitrogens with zero attached hydrogens (tertiary/aromatic N) is 2. The Kier molecular flexibility index (Phi) is 7.48. The molecule has 0 spiro atoms. The van der Waals surface area contributed by atoms with Gasteiger partial charge in [-0.2, -0.15) is 4.57 Å². The third-order valence-corrected chi connectivity index (χ3v) is 6.32. The lowest BCUT2D eigenvalue weighted by molar-refractivity contribution is -0.669. The van der Waals surface area contributed by atoms with Gasteiger partial charge in [0.1, 0.15) is 12.3 Å². The third kappa shape index (κ3) is 4.67. The number of methoxy groups -OCH3 is 1. The monoisotopic (exact) mass is 547 g/mol. The number of anilines is 2. The molecule has 4 rings (SSSR count). The van der Waals surface area contributed by atoms with Crippen LogP contribution in [0.25, 0.3) is 17.0 Å². The number of hydrogen-bond donors (Lipinski definition) is 1. The number of amides is 1. The molecular formula is C24H26IN3O2S. The van der Waals surface area contributed by atoms with Crippen molar-refractivity contribution in [3.05, 3.63) is 59.3 Å². The number of halogens is 1. The van der Waals surface area contributed by atoms with Crippen molar-refractivity contribution >= 4 is 46.0 Å². The number of hydrogen-bond acceptors (Lipinski definition) is 4. The highest BCUT2D eigenvalue weighted by Gasteiger charge is 2.26. The summed E-state index contributed by atoms with van der Waals surface area (Å²) in [6.07, 6.45) is 2.24. The Hall–Kier alpha value is -2.26. The van der Waals surface area contributed by atoms with Crippen LogP contribution in [0, 0.1) is 0 Å². The molecule has 0 aliphatic carbocycles. The van der Waals surface area contributed by atoms with Gasteiger partial charge >= 0.3 is 0 Å². The van der Waals surface area contributed by atoms with Crippen LogP contribution in [0.4, 0.5) is 11.4 Å². The van der Waals surface area contributed by atoms with Crippen molar-refractivity contribution in [2.75, 3.05) is 23.9 Å². The van der Waals surface area contributed by atoms with E-state index in [1.54, 1.807) is 18.9 Å². The zero-order valence-electron chi connectivity index (χ0n) is 18.1. The van der Waals surface area contributed by atoms with E-state index in [9.17, 15) is 4.79 Å². The van der Waals surface area contributed by atoms with Gasteiger partial charge in [0, 0.05) is 41.6 Å². The Morgan fingerprint density at radius 3 is 2.61 bits per heavy atom. The van der Waals surface area contributed by atoms with Crippen LogP contribution in [-0.2, 0) is 11.3 Å². The summed E-state index contributed by atoms with van der Waals surface area (Å²) in [6.45, 7) is 7.58. The van der Waals surface area contributed by atoms with Crippen LogP contribution < -0.4 is 43.5 Å². The second-order valence-corrected chi connectivity index (χ2v) is 8.18. The highest BCUT2D eigenvalue weighted by atomic mass is 127. The molecule has 0 unspecified atom stereocenters. The fourth-order valence-corrected chi connectivity index (χ4v) is 5.07. The van der Waals surface area contributed by atoms with Gasteiger partial charge in [-0.05, 0) is 50.2 Å². The number of ether oxygens (including phenoxy) is 1. The van der Waals surface area contributed by atoms with Crippen molar-refractivity contribution in [1.29, 1.82) is 0 Å². The normalized spacial score (nSPS) is 13.8. The van der Waals surface area contributed by atoms with E-state index in [4.69, 9.17) is 4.74 Å². The van der Waals surface area contributed by atoms with E-state index in [2.05, 4.69) is 65.0 Å². The van der Waals surface area contributed by atoms with Gasteiger partial charge in [-0.3, -0.25) is 4.79 Å². The van der Waals surface area contributed by atoms with E-state index in [1.807, 2.05) is 18.2 Å². The molecule has 1 amide bonds. The summed E-state index contributed by atoms with van der Waals surface area (Å²) >= 11 is 1.73. The maximum Gasteiger partial charge on any atom is 0.221 e. The number of thioether (sulfide) groups is 1. The quantitative estimate of drug-likeness (QED) is 0.393. The van der Waals surface area contributed by atoms with Gasteiger partial charge in [-0.25, -0.2) is 0 Å². The average molecular weight is 547 g/mol. The lowest BCUT2D eigenvalue weighted by atomic mass is 10.1. The SMILES string of the molecule is CCN1/C(=C/c2ccc3ccc(OC)cc3[n+]2CC)Sc2cc(NC(C)=O)ccc21.[I-]. The second kappa shape index (κ2) is 9.91. The van der Waals surface area contributed by atoms with Crippen LogP contribution >= 0.6 is 11.8 Å². The highest BCUT2D eigenvalue weighted by molar-refractivity contribution is 8.03. The molecule has 1 N–H and O–H groups in total. The number of nitrogens with one attached hydrogen (secondary N) is 1. The minimum Gasteiger partial charge on any atom is -1.00 e. The highest BCUT2D eigenvalue weighted by Crippen LogP contribution is 2.47. The zero-order chi connectivity index (χ0) is 21.3. The molecule has 3 aromatic rings. The lowest BCUT2D eigenvalue weighted by Crippen LogP contribution is -3.00. The maximum absolute atomic E-state index is 11.4. The molecule has 2 heterocycles. The number of benzene rings is 2. The summed E-state index contributed by atoms with van der Waals surface area (Å²) in [5, 5.41) is 5.24. The predicted molar refractivity (Wildman–Crippen MR) is 124 cm³/mol. The lowest BCUT2D eigenvalue weighted by Gasteiger charge is -2.18. The predicted octanol–water partition coefficient (Wildman–Crippen LogP) is 2.05. The van der Waals surface area contributed by atoms with Crippen molar-refractivity contribution in [3.63, 3.8) is 0 Å². The number of carbonyl (C=O) groups excluding carboxylic acids is 1. The molecular weight excluding hydrogens is 521 g/mol. The van der Waals surface area contributed by atoms with E-state index < -0.39 is 0 Å². The molecule has 5 nitrogen and oxygen atoms in total. The Labute approximate surface area is 204 Å². The number of pyridine rings is 1. The van der Waals surface area contributed by atoms with Crippen LogP contribution in [0.15, 0.2) is 58.5 Å². The molecule has 7 heteroatoms. The summed E-state index contributed by atoms with van der Waals surface area (Å²) in [6, 6.07) is 16.6. The van der Waals surface area contributed by atoms with Crippen LogP contribution in [0.5, 0.6) is 5.75 Å². The van der Waals surface area contributed by atoms with Gasteiger partial charge in [-0.15, -0.1) is 0 Å². The van der Waals surface area contributed by atoms with E-state index in [1.165, 1.54) is 23.0 Å². The minimum absolute atomic E-state index is 0. The first-order valence-electron chi connectivity index (χ1n) is 10.1. The maximum atomic E-state index is 11.4. The molecule has 1 aliphatic rings. The molecule has 1 aliphatic heterocycles. The first kappa shape index (κ1) is 23.4. The fourth-order valence-electron chi connectivity index (χ4n) is 3.85. The van der Waals surface area contributed by atoms with Gasteiger partial charge < -0.3 is 38.9 Å². The minimum atomic E-state index is -0.0587. The molecule has 0 atom stereocenters. The van der Waals surface area contributed by atoms with E-state index >= 15 is 0 Å². The van der Waals surface area contributed by atoms with E-state index in [-0.39, 0.29) is 29.9 Å². The Bertz CT molecular complexity index is 1160. The van der Waals surface area contributed by atoms with Crippen molar-refractivity contribution < 1.29 is 38.1 Å². The van der Waals surface area contributed by atoms with Gasteiger partial charge in [0.05, 0.1) is 23.9 Å².